The van der Waals surface area contributed by atoms with Crippen LogP contribution in [-0.2, 0) is 0 Å². The third kappa shape index (κ3) is 3.49. The molecule has 0 saturated carbocycles. The highest BCUT2D eigenvalue weighted by Crippen LogP contribution is 2.47. The van der Waals surface area contributed by atoms with Crippen LogP contribution in [0, 0.1) is 0 Å². The van der Waals surface area contributed by atoms with Crippen molar-refractivity contribution in [3.05, 3.63) is 152 Å². The maximum atomic E-state index is 6.70. The fourth-order valence-electron chi connectivity index (χ4n) is 8.20. The zero-order valence-corrected chi connectivity index (χ0v) is 25.7. The van der Waals surface area contributed by atoms with Crippen LogP contribution in [0.4, 0.5) is 0 Å². The lowest BCUT2D eigenvalue weighted by Crippen LogP contribution is -2.57. The summed E-state index contributed by atoms with van der Waals surface area (Å²) in [4.78, 5) is 0. The molecule has 0 spiro atoms. The summed E-state index contributed by atoms with van der Waals surface area (Å²) in [6.45, 7) is 0.0408. The molecule has 2 aliphatic heterocycles. The van der Waals surface area contributed by atoms with Crippen LogP contribution in [0.3, 0.4) is 0 Å². The van der Waals surface area contributed by atoms with Crippen molar-refractivity contribution in [1.82, 2.24) is 0 Å². The molecule has 0 radical (unpaired) electrons. The molecule has 3 heterocycles. The van der Waals surface area contributed by atoms with Crippen molar-refractivity contribution in [1.29, 1.82) is 0 Å². The van der Waals surface area contributed by atoms with Gasteiger partial charge in [0, 0.05) is 27.4 Å². The van der Waals surface area contributed by atoms with Crippen molar-refractivity contribution in [2.45, 2.75) is 0 Å². The number of furan rings is 1. The zero-order valence-electron chi connectivity index (χ0n) is 25.7. The summed E-state index contributed by atoms with van der Waals surface area (Å²) in [5.74, 6) is 3.48. The van der Waals surface area contributed by atoms with E-state index in [1.165, 1.54) is 32.7 Å². The maximum absolute atomic E-state index is 6.70. The van der Waals surface area contributed by atoms with E-state index in [1.807, 2.05) is 24.3 Å². The van der Waals surface area contributed by atoms with E-state index >= 15 is 0 Å². The molecule has 0 unspecified atom stereocenters. The minimum atomic E-state index is 0.0408. The van der Waals surface area contributed by atoms with Crippen LogP contribution in [0.1, 0.15) is 0 Å². The minimum Gasteiger partial charge on any atom is -0.458 e. The lowest BCUT2D eigenvalue weighted by atomic mass is 9.35. The highest BCUT2D eigenvalue weighted by molar-refractivity contribution is 6.98. The van der Waals surface area contributed by atoms with Gasteiger partial charge in [-0.15, -0.1) is 0 Å². The van der Waals surface area contributed by atoms with Gasteiger partial charge in [-0.05, 0) is 73.9 Å². The molecule has 0 bridgehead atoms. The molecule has 0 fully saturated rings. The van der Waals surface area contributed by atoms with Crippen LogP contribution < -0.4 is 25.9 Å². The van der Waals surface area contributed by atoms with Gasteiger partial charge in [0.15, 0.2) is 0 Å². The Balaban J connectivity index is 1.17. The Bertz CT molecular complexity index is 2750. The average Bonchev–Trinajstić information content (AvgIpc) is 3.53. The summed E-state index contributed by atoms with van der Waals surface area (Å²) < 4.78 is 19.6. The molecule has 0 atom stereocenters. The first kappa shape index (κ1) is 25.9. The lowest BCUT2D eigenvalue weighted by molar-refractivity contribution is 0.464. The highest BCUT2D eigenvalue weighted by atomic mass is 16.5. The Morgan fingerprint density at radius 3 is 1.73 bits per heavy atom. The van der Waals surface area contributed by atoms with Gasteiger partial charge < -0.3 is 13.9 Å². The number of para-hydroxylation sites is 3. The minimum absolute atomic E-state index is 0.0408. The third-order valence-electron chi connectivity index (χ3n) is 10.2. The van der Waals surface area contributed by atoms with Crippen LogP contribution in [-0.4, -0.2) is 6.71 Å². The zero-order chi connectivity index (χ0) is 31.3. The summed E-state index contributed by atoms with van der Waals surface area (Å²) in [5, 5.41) is 7.01. The van der Waals surface area contributed by atoms with E-state index in [1.54, 1.807) is 0 Å². The molecule has 0 N–H and O–H groups in total. The van der Waals surface area contributed by atoms with Gasteiger partial charge in [-0.3, -0.25) is 0 Å². The summed E-state index contributed by atoms with van der Waals surface area (Å²) in [6, 6.07) is 53.5. The van der Waals surface area contributed by atoms with Gasteiger partial charge in [-0.2, -0.15) is 0 Å². The van der Waals surface area contributed by atoms with E-state index in [0.29, 0.717) is 0 Å². The number of hydrogen-bond donors (Lipinski definition) is 0. The van der Waals surface area contributed by atoms with E-state index < -0.39 is 0 Å². The Morgan fingerprint density at radius 1 is 0.396 bits per heavy atom. The van der Waals surface area contributed by atoms with Crippen molar-refractivity contribution < 1.29 is 13.9 Å². The maximum Gasteiger partial charge on any atom is 0.260 e. The normalized spacial score (nSPS) is 12.9. The topological polar surface area (TPSA) is 31.6 Å². The molecule has 0 aliphatic carbocycles. The van der Waals surface area contributed by atoms with E-state index in [9.17, 15) is 0 Å². The fraction of sp³-hybridized carbons (Fsp3) is 0. The Morgan fingerprint density at radius 2 is 0.958 bits per heavy atom. The molecule has 11 rings (SSSR count). The van der Waals surface area contributed by atoms with Gasteiger partial charge in [0.25, 0.3) is 6.71 Å². The van der Waals surface area contributed by atoms with Crippen LogP contribution in [0.25, 0.3) is 65.7 Å². The van der Waals surface area contributed by atoms with Crippen molar-refractivity contribution in [2.75, 3.05) is 0 Å². The van der Waals surface area contributed by atoms with Crippen LogP contribution in [0.15, 0.2) is 156 Å². The number of hydrogen-bond acceptors (Lipinski definition) is 3. The van der Waals surface area contributed by atoms with Gasteiger partial charge in [-0.1, -0.05) is 121 Å². The SMILES string of the molecule is c1ccc2c(c1)Oc1cccc3c1B2c1ccc(-c2c4ccccc4c(-c4cccc5c4oc4ccccc45)c4ccccc24)cc1O3. The summed E-state index contributed by atoms with van der Waals surface area (Å²) >= 11 is 0. The van der Waals surface area contributed by atoms with Crippen molar-refractivity contribution in [3.63, 3.8) is 0 Å². The number of fused-ring (bicyclic) bond motifs is 9. The second-order valence-corrected chi connectivity index (χ2v) is 12.7. The monoisotopic (exact) mass is 612 g/mol. The largest absolute Gasteiger partial charge is 0.458 e. The van der Waals surface area contributed by atoms with Gasteiger partial charge in [0.2, 0.25) is 0 Å². The summed E-state index contributed by atoms with van der Waals surface area (Å²) in [6.07, 6.45) is 0. The van der Waals surface area contributed by atoms with Gasteiger partial charge in [-0.25, -0.2) is 0 Å². The summed E-state index contributed by atoms with van der Waals surface area (Å²) in [7, 11) is 0. The van der Waals surface area contributed by atoms with Gasteiger partial charge >= 0.3 is 0 Å². The molecule has 0 saturated heterocycles. The molecule has 8 aromatic carbocycles. The first-order chi connectivity index (χ1) is 23.8. The van der Waals surface area contributed by atoms with E-state index in [2.05, 4.69) is 127 Å². The van der Waals surface area contributed by atoms with Crippen LogP contribution >= 0.6 is 0 Å². The van der Waals surface area contributed by atoms with Crippen molar-refractivity contribution in [2.24, 2.45) is 0 Å². The number of benzene rings is 8. The molecule has 2 aliphatic rings. The molecular formula is C44H25BO3. The van der Waals surface area contributed by atoms with Gasteiger partial charge in [0.1, 0.15) is 34.2 Å². The van der Waals surface area contributed by atoms with Crippen molar-refractivity contribution in [3.8, 4) is 45.3 Å². The first-order valence-electron chi connectivity index (χ1n) is 16.4. The molecule has 48 heavy (non-hydrogen) atoms. The number of rotatable bonds is 2. The molecule has 9 aromatic rings. The second kappa shape index (κ2) is 9.63. The third-order valence-corrected chi connectivity index (χ3v) is 10.2. The predicted octanol–water partition coefficient (Wildman–Crippen LogP) is 9.95. The summed E-state index contributed by atoms with van der Waals surface area (Å²) in [5.41, 5.74) is 9.82. The first-order valence-corrected chi connectivity index (χ1v) is 16.4. The molecule has 1 aromatic heterocycles. The Hall–Kier alpha value is -6.26. The van der Waals surface area contributed by atoms with E-state index in [4.69, 9.17) is 13.9 Å². The number of ether oxygens (including phenoxy) is 2. The molecule has 222 valence electrons. The standard InChI is InChI=1S/C44H25BO3/c1-3-14-30-28(12-1)41(29-13-2-4-15-31(29)42(30)33-17-9-16-32-27-11-5-7-19-36(27)48-44(32)33)26-23-24-35-40(25-26)47-39-22-10-21-38-43(39)45(35)34-18-6-8-20-37(34)46-38/h1-25H. The van der Waals surface area contributed by atoms with Gasteiger partial charge in [0.05, 0.1) is 0 Å². The second-order valence-electron chi connectivity index (χ2n) is 12.7. The van der Waals surface area contributed by atoms with Crippen LogP contribution in [0.2, 0.25) is 0 Å². The quantitative estimate of drug-likeness (QED) is 0.144. The Kier molecular flexibility index (Phi) is 5.19. The Labute approximate surface area is 276 Å². The average molecular weight is 612 g/mol. The van der Waals surface area contributed by atoms with E-state index in [-0.39, 0.29) is 6.71 Å². The predicted molar refractivity (Wildman–Crippen MR) is 197 cm³/mol. The molecule has 0 amide bonds. The molecule has 4 heteroatoms. The fourth-order valence-corrected chi connectivity index (χ4v) is 8.20. The molecule has 3 nitrogen and oxygen atoms in total. The van der Waals surface area contributed by atoms with Crippen LogP contribution in [0.5, 0.6) is 23.0 Å². The lowest BCUT2D eigenvalue weighted by Gasteiger charge is -2.33. The molecular weight excluding hydrogens is 587 g/mol. The smallest absolute Gasteiger partial charge is 0.260 e. The highest BCUT2D eigenvalue weighted by Gasteiger charge is 2.40. The van der Waals surface area contributed by atoms with E-state index in [0.717, 1.165) is 72.5 Å². The van der Waals surface area contributed by atoms with Crippen molar-refractivity contribution >= 4 is 66.6 Å².